The topological polar surface area (TPSA) is 42.9 Å². The van der Waals surface area contributed by atoms with Crippen LogP contribution in [0, 0.1) is 39.0 Å². The average Bonchev–Trinajstić information content (AvgIpc) is 1.80. The lowest BCUT2D eigenvalue weighted by Crippen LogP contribution is -2.59. The van der Waals surface area contributed by atoms with Crippen LogP contribution in [0.15, 0.2) is 218 Å². The Kier molecular flexibility index (Phi) is 11.3. The number of aryl methyl sites for hydroxylation is 4. The summed E-state index contributed by atoms with van der Waals surface area (Å²) >= 11 is 0. The van der Waals surface area contributed by atoms with Crippen LogP contribution in [0.3, 0.4) is 0 Å². The average molecular weight is 1070 g/mol. The molecule has 0 atom stereocenters. The van der Waals surface area contributed by atoms with E-state index in [4.69, 9.17) is 4.74 Å². The lowest BCUT2D eigenvalue weighted by molar-refractivity contribution is 0.403. The van der Waals surface area contributed by atoms with Gasteiger partial charge in [0, 0.05) is 21.5 Å². The molecule has 13 aromatic rings. The molecule has 3 heterocycles. The van der Waals surface area contributed by atoms with E-state index in [0.717, 1.165) is 156 Å². The second kappa shape index (κ2) is 18.7. The van der Waals surface area contributed by atoms with Crippen molar-refractivity contribution < 1.29 is 4.74 Å². The highest BCUT2D eigenvalue weighted by Gasteiger charge is 2.51. The van der Waals surface area contributed by atoms with E-state index in [0.29, 0.717) is 5.56 Å². The maximum absolute atomic E-state index is 13.0. The fourth-order valence-corrected chi connectivity index (χ4v) is 15.3. The van der Waals surface area contributed by atoms with Gasteiger partial charge in [0.15, 0.2) is 0 Å². The van der Waals surface area contributed by atoms with Gasteiger partial charge in [-0.1, -0.05) is 197 Å². The van der Waals surface area contributed by atoms with Crippen LogP contribution in [0.4, 0.5) is 0 Å². The monoisotopic (exact) mass is 1070 g/mol. The Morgan fingerprint density at radius 1 is 0.386 bits per heavy atom. The fourth-order valence-electron chi connectivity index (χ4n) is 15.3. The van der Waals surface area contributed by atoms with Crippen molar-refractivity contribution in [1.29, 1.82) is 5.26 Å². The van der Waals surface area contributed by atoms with Crippen LogP contribution < -0.4 is 21.1 Å². The first-order valence-corrected chi connectivity index (χ1v) is 29.2. The number of benzene rings is 11. The highest BCUT2D eigenvalue weighted by atomic mass is 16.5. The first-order chi connectivity index (χ1) is 40.3. The van der Waals surface area contributed by atoms with Crippen molar-refractivity contribution in [3.63, 3.8) is 0 Å². The SMILES string of the molecule is Cc1cc(C)c2c(c1)Oc1cc(C)cc(C)c1B2c1c(C#N)c(-n2c3ccc(-c4ccccc4)cc3c3cc(-c4ccccc4)ccc32)c(-n2c3ccc(-c4ccccc4)cc3c3cc(-c4ccccc4)ccc32)c2c1C(C)(C)CC2(C)C. The number of nitrogens with zero attached hydrogens (tertiary/aromatic N) is 3. The Hall–Kier alpha value is -9.63. The predicted molar refractivity (Wildman–Crippen MR) is 349 cm³/mol. The molecule has 2 aromatic heterocycles. The molecule has 2 aliphatic rings. The second-order valence-electron chi connectivity index (χ2n) is 24.9. The maximum atomic E-state index is 13.0. The third-order valence-corrected chi connectivity index (χ3v) is 18.3. The first kappa shape index (κ1) is 50.3. The Labute approximate surface area is 486 Å². The summed E-state index contributed by atoms with van der Waals surface area (Å²) in [5, 5.41) is 17.5. The van der Waals surface area contributed by atoms with E-state index < -0.39 is 0 Å². The summed E-state index contributed by atoms with van der Waals surface area (Å²) in [6, 6.07) is 83.1. The zero-order valence-corrected chi connectivity index (χ0v) is 48.3. The van der Waals surface area contributed by atoms with Gasteiger partial charge in [-0.25, -0.2) is 0 Å². The van der Waals surface area contributed by atoms with Gasteiger partial charge in [-0.15, -0.1) is 0 Å². The number of nitriles is 1. The molecule has 398 valence electrons. The summed E-state index contributed by atoms with van der Waals surface area (Å²) in [6.07, 6.45) is 0.869. The van der Waals surface area contributed by atoms with Crippen molar-refractivity contribution in [1.82, 2.24) is 9.13 Å². The molecule has 0 N–H and O–H groups in total. The van der Waals surface area contributed by atoms with Crippen LogP contribution in [0.2, 0.25) is 0 Å². The van der Waals surface area contributed by atoms with Crippen molar-refractivity contribution in [2.24, 2.45) is 0 Å². The van der Waals surface area contributed by atoms with E-state index in [1.165, 1.54) is 11.1 Å². The molecule has 5 heteroatoms. The van der Waals surface area contributed by atoms with Gasteiger partial charge in [-0.3, -0.25) is 0 Å². The van der Waals surface area contributed by atoms with Crippen LogP contribution in [0.1, 0.15) is 73.1 Å². The lowest BCUT2D eigenvalue weighted by Gasteiger charge is -2.36. The van der Waals surface area contributed by atoms with E-state index in [2.05, 4.69) is 289 Å². The number of hydrogen-bond donors (Lipinski definition) is 0. The largest absolute Gasteiger partial charge is 0.458 e. The Morgan fingerprint density at radius 3 is 1.07 bits per heavy atom. The van der Waals surface area contributed by atoms with Crippen molar-refractivity contribution in [3.05, 3.63) is 257 Å². The molecule has 0 spiro atoms. The molecular formula is C78H62BN3O. The maximum Gasteiger partial charge on any atom is 0.253 e. The van der Waals surface area contributed by atoms with E-state index in [1.54, 1.807) is 0 Å². The minimum absolute atomic E-state index is 0.332. The molecule has 0 amide bonds. The van der Waals surface area contributed by atoms with Crippen molar-refractivity contribution >= 4 is 66.7 Å². The third-order valence-electron chi connectivity index (χ3n) is 18.3. The molecule has 0 unspecified atom stereocenters. The van der Waals surface area contributed by atoms with Gasteiger partial charge < -0.3 is 13.9 Å². The van der Waals surface area contributed by atoms with Gasteiger partial charge in [-0.05, 0) is 189 Å². The van der Waals surface area contributed by atoms with Crippen molar-refractivity contribution in [3.8, 4) is 73.5 Å². The quantitative estimate of drug-likeness (QED) is 0.149. The molecule has 1 aliphatic heterocycles. The fraction of sp³-hybridized carbons (Fsp3) is 0.141. The molecule has 4 nitrogen and oxygen atoms in total. The number of aromatic nitrogens is 2. The first-order valence-electron chi connectivity index (χ1n) is 29.2. The molecule has 0 saturated heterocycles. The number of rotatable bonds is 7. The smallest absolute Gasteiger partial charge is 0.253 e. The van der Waals surface area contributed by atoms with Crippen LogP contribution in [0.25, 0.3) is 99.5 Å². The predicted octanol–water partition coefficient (Wildman–Crippen LogP) is 18.2. The molecule has 83 heavy (non-hydrogen) atoms. The van der Waals surface area contributed by atoms with Gasteiger partial charge in [0.05, 0.1) is 39.0 Å². The van der Waals surface area contributed by atoms with Gasteiger partial charge >= 0.3 is 0 Å². The summed E-state index contributed by atoms with van der Waals surface area (Å²) in [5.41, 5.74) is 25.7. The Balaban J connectivity index is 1.18. The van der Waals surface area contributed by atoms with Gasteiger partial charge in [-0.2, -0.15) is 5.26 Å². The second-order valence-corrected chi connectivity index (χ2v) is 24.9. The number of fused-ring (bicyclic) bond motifs is 9. The normalized spacial score (nSPS) is 14.0. The molecule has 15 rings (SSSR count). The van der Waals surface area contributed by atoms with Crippen LogP contribution in [-0.4, -0.2) is 15.8 Å². The molecule has 11 aromatic carbocycles. The Morgan fingerprint density at radius 2 is 0.723 bits per heavy atom. The minimum atomic E-state index is -0.385. The molecular weight excluding hydrogens is 1010 g/mol. The number of ether oxygens (including phenoxy) is 1. The van der Waals surface area contributed by atoms with Crippen molar-refractivity contribution in [2.45, 2.75) is 72.6 Å². The zero-order chi connectivity index (χ0) is 56.6. The molecule has 1 aliphatic carbocycles. The minimum Gasteiger partial charge on any atom is -0.458 e. The zero-order valence-electron chi connectivity index (χ0n) is 48.3. The molecule has 0 saturated carbocycles. The van der Waals surface area contributed by atoms with Crippen LogP contribution >= 0.6 is 0 Å². The van der Waals surface area contributed by atoms with E-state index in [9.17, 15) is 5.26 Å². The van der Waals surface area contributed by atoms with Gasteiger partial charge in [0.25, 0.3) is 6.71 Å². The van der Waals surface area contributed by atoms with Gasteiger partial charge in [0.1, 0.15) is 17.6 Å². The van der Waals surface area contributed by atoms with Crippen molar-refractivity contribution in [2.75, 3.05) is 0 Å². The summed E-state index contributed by atoms with van der Waals surface area (Å²) in [4.78, 5) is 0. The highest BCUT2D eigenvalue weighted by Crippen LogP contribution is 2.55. The van der Waals surface area contributed by atoms with Gasteiger partial charge in [0.2, 0.25) is 0 Å². The summed E-state index contributed by atoms with van der Waals surface area (Å²) in [6.45, 7) is 18.2. The van der Waals surface area contributed by atoms with Crippen LogP contribution in [0.5, 0.6) is 11.5 Å². The van der Waals surface area contributed by atoms with E-state index >= 15 is 0 Å². The van der Waals surface area contributed by atoms with Crippen LogP contribution in [-0.2, 0) is 10.8 Å². The molecule has 0 radical (unpaired) electrons. The summed E-state index contributed by atoms with van der Waals surface area (Å²) in [7, 11) is 0. The number of hydrogen-bond acceptors (Lipinski definition) is 2. The highest BCUT2D eigenvalue weighted by molar-refractivity contribution is 6.98. The summed E-state index contributed by atoms with van der Waals surface area (Å²) in [5.74, 6) is 1.71. The van der Waals surface area contributed by atoms with E-state index in [-0.39, 0.29) is 17.5 Å². The molecule has 0 fully saturated rings. The Bertz CT molecular complexity index is 4630. The third kappa shape index (κ3) is 7.80. The molecule has 0 bridgehead atoms. The van der Waals surface area contributed by atoms with E-state index in [1.807, 2.05) is 0 Å². The summed E-state index contributed by atoms with van der Waals surface area (Å²) < 4.78 is 12.2. The lowest BCUT2D eigenvalue weighted by atomic mass is 9.32. The standard InChI is InChI=1S/C78H62BN3O/c1-47-37-49(3)72-68(39-47)83-69-40-48(2)38-50(4)73(69)79(72)74-63(45-80)75(81-64-33-29-55(51-21-13-9-14-22-51)41-59(64)60-42-56(30-34-65(60)81)52-23-15-10-16-24-52)76(71-70(74)77(5,6)46-78(71,7)8)82-66-35-31-57(53-25-17-11-18-26-53)43-61(66)62-44-58(32-36-67(62)82)54-27-19-12-20-28-54/h9-44H,46H2,1-8H3.